The van der Waals surface area contributed by atoms with Crippen LogP contribution in [0.1, 0.15) is 71.4 Å². The number of amides is 1. The molecular weight excluding hydrogens is 1180 g/mol. The van der Waals surface area contributed by atoms with Gasteiger partial charge in [-0.05, 0) is 16.7 Å². The van der Waals surface area contributed by atoms with Gasteiger partial charge in [0, 0.05) is 0 Å². The van der Waals surface area contributed by atoms with Crippen LogP contribution in [-0.2, 0) is 101 Å². The second-order valence-corrected chi connectivity index (χ2v) is 25.4. The van der Waals surface area contributed by atoms with Crippen molar-refractivity contribution in [2.45, 2.75) is 135 Å². The Labute approximate surface area is 544 Å². The molecule has 3 aliphatic heterocycles. The van der Waals surface area contributed by atoms with Gasteiger partial charge >= 0.3 is 380 Å². The third-order valence-corrected chi connectivity index (χ3v) is 19.0. The van der Waals surface area contributed by atoms with Gasteiger partial charge in [0.25, 0.3) is 0 Å². The van der Waals surface area contributed by atoms with Crippen LogP contribution in [0.2, 0.25) is 0 Å². The van der Waals surface area contributed by atoms with Crippen molar-refractivity contribution in [1.82, 2.24) is 4.90 Å². The van der Waals surface area contributed by atoms with E-state index in [-0.39, 0.29) is 91.9 Å². The number of benzene rings is 7. The van der Waals surface area contributed by atoms with Crippen LogP contribution < -0.4 is 0 Å². The van der Waals surface area contributed by atoms with Crippen molar-refractivity contribution >= 4 is 34.5 Å². The summed E-state index contributed by atoms with van der Waals surface area (Å²) in [5, 5.41) is 0. The Balaban J connectivity index is 0.998. The summed E-state index contributed by atoms with van der Waals surface area (Å²) in [4.78, 5) is 30.0. The molecule has 92 heavy (non-hydrogen) atoms. The molecular formula is C73H84B2NO15P. The third-order valence-electron chi connectivity index (χ3n) is 17.5. The third kappa shape index (κ3) is 19.4. The molecule has 3 heterocycles. The van der Waals surface area contributed by atoms with E-state index in [1.807, 2.05) is 195 Å². The number of rotatable bonds is 31. The van der Waals surface area contributed by atoms with Gasteiger partial charge in [-0.2, -0.15) is 0 Å². The Bertz CT molecular complexity index is 3270. The molecule has 7 aromatic carbocycles. The average Bonchev–Trinajstić information content (AvgIpc) is 0.796. The van der Waals surface area contributed by atoms with Gasteiger partial charge in [-0.1, -0.05) is 127 Å². The predicted molar refractivity (Wildman–Crippen MR) is 352 cm³/mol. The SMILES string of the molecule is C[C@@H]1C(COCc2ccccc2)O[C@H](OCN(Cc2ccccc2)C(=O)OCc2ccccc2)C(O[C@H]2OC(COCc3ccccc3)[C@@H](O[C@@H]3OC(COCc4ccccc4)[C@@H](C)[C@H](C)C3OC(=O)c3ccccc3)[C@H](PBB=O)C2OCc2ccccc2)[C@H]1C. The maximum atomic E-state index is 14.3. The fourth-order valence-corrected chi connectivity index (χ4v) is 13.2. The first kappa shape index (κ1) is 68.1. The van der Waals surface area contributed by atoms with E-state index in [2.05, 4.69) is 20.8 Å². The Morgan fingerprint density at radius 1 is 0.446 bits per heavy atom. The van der Waals surface area contributed by atoms with E-state index in [4.69, 9.17) is 56.8 Å². The number of carbonyl (C=O) groups is 2. The molecule has 482 valence electrons. The van der Waals surface area contributed by atoms with E-state index in [0.29, 0.717) is 18.8 Å². The monoisotopic (exact) mass is 1270 g/mol. The molecule has 10 rings (SSSR count). The number of carbonyl (C=O) groups excluding carboxylic acids is 2. The van der Waals surface area contributed by atoms with Crippen LogP contribution in [0.5, 0.6) is 0 Å². The zero-order chi connectivity index (χ0) is 63.9. The summed E-state index contributed by atoms with van der Waals surface area (Å²) in [6, 6.07) is 67.6. The van der Waals surface area contributed by atoms with Crippen molar-refractivity contribution in [3.8, 4) is 0 Å². The molecule has 0 spiro atoms. The van der Waals surface area contributed by atoms with Gasteiger partial charge in [0.1, 0.15) is 6.61 Å². The number of ether oxygens (including phenoxy) is 12. The fraction of sp³-hybridized carbons (Fsp3) is 0.397. The van der Waals surface area contributed by atoms with Crippen LogP contribution in [0.3, 0.4) is 0 Å². The van der Waals surface area contributed by atoms with Gasteiger partial charge in [-0.3, -0.25) is 0 Å². The Morgan fingerprint density at radius 2 is 0.848 bits per heavy atom. The molecule has 3 fully saturated rings. The average molecular weight is 1270 g/mol. The minimum atomic E-state index is -1.17. The quantitative estimate of drug-likeness (QED) is 0.0174. The number of nitrogens with zero attached hydrogens (tertiary/aromatic N) is 1. The van der Waals surface area contributed by atoms with E-state index in [9.17, 15) is 14.3 Å². The molecule has 7 aromatic rings. The van der Waals surface area contributed by atoms with Gasteiger partial charge in [0.15, 0.2) is 0 Å². The second kappa shape index (κ2) is 35.5. The van der Waals surface area contributed by atoms with Crippen LogP contribution in [0.15, 0.2) is 212 Å². The molecule has 0 aliphatic carbocycles. The van der Waals surface area contributed by atoms with Crippen molar-refractivity contribution in [1.29, 1.82) is 0 Å². The Hall–Kier alpha value is -6.76. The van der Waals surface area contributed by atoms with Crippen molar-refractivity contribution in [3.63, 3.8) is 0 Å². The first-order valence-corrected chi connectivity index (χ1v) is 33.2. The van der Waals surface area contributed by atoms with Crippen molar-refractivity contribution < 1.29 is 71.1 Å². The molecule has 3 aliphatic rings. The first-order chi connectivity index (χ1) is 45.1. The molecule has 7 unspecified atom stereocenters. The number of hydrogen-bond donors (Lipinski definition) is 0. The summed E-state index contributed by atoms with van der Waals surface area (Å²) >= 11 is 0. The van der Waals surface area contributed by atoms with Crippen LogP contribution >= 0.6 is 8.46 Å². The van der Waals surface area contributed by atoms with E-state index in [1.54, 1.807) is 24.3 Å². The summed E-state index contributed by atoms with van der Waals surface area (Å²) in [5.74, 6) is -1.44. The molecule has 1 amide bonds. The zero-order valence-electron chi connectivity index (χ0n) is 52.8. The molecule has 0 bridgehead atoms. The number of esters is 1. The predicted octanol–water partition coefficient (Wildman–Crippen LogP) is 12.1. The van der Waals surface area contributed by atoms with Gasteiger partial charge < -0.3 is 4.74 Å². The zero-order valence-corrected chi connectivity index (χ0v) is 53.8. The fourth-order valence-electron chi connectivity index (χ4n) is 11.8. The number of hydrogen-bond acceptors (Lipinski definition) is 15. The van der Waals surface area contributed by atoms with Crippen LogP contribution in [0.4, 0.5) is 4.79 Å². The molecule has 16 nitrogen and oxygen atoms in total. The summed E-state index contributed by atoms with van der Waals surface area (Å²) in [6.45, 7) is 9.99. The normalized spacial score (nSPS) is 26.4. The maximum absolute atomic E-state index is 14.3. The molecule has 16 atom stereocenters. The van der Waals surface area contributed by atoms with Gasteiger partial charge in [0.2, 0.25) is 0 Å². The molecule has 0 aromatic heterocycles. The first-order valence-electron chi connectivity index (χ1n) is 31.9. The van der Waals surface area contributed by atoms with Crippen molar-refractivity contribution in [2.75, 3.05) is 26.6 Å². The summed E-state index contributed by atoms with van der Waals surface area (Å²) in [6.07, 6.45) is -9.50. The molecule has 0 N–H and O–H groups in total. The Kier molecular flexibility index (Phi) is 26.3. The summed E-state index contributed by atoms with van der Waals surface area (Å²) in [7, 11) is 0.801. The molecule has 19 heteroatoms. The van der Waals surface area contributed by atoms with E-state index < -0.39 is 79.3 Å². The van der Waals surface area contributed by atoms with Crippen molar-refractivity contribution in [3.05, 3.63) is 251 Å². The summed E-state index contributed by atoms with van der Waals surface area (Å²) < 4.78 is 95.1. The van der Waals surface area contributed by atoms with Crippen LogP contribution in [0.25, 0.3) is 0 Å². The van der Waals surface area contributed by atoms with E-state index in [0.717, 1.165) is 40.4 Å². The van der Waals surface area contributed by atoms with Gasteiger partial charge in [0.05, 0.1) is 6.61 Å². The second-order valence-electron chi connectivity index (χ2n) is 23.9. The van der Waals surface area contributed by atoms with E-state index >= 15 is 0 Å². The Morgan fingerprint density at radius 3 is 1.35 bits per heavy atom. The van der Waals surface area contributed by atoms with Crippen molar-refractivity contribution in [2.24, 2.45) is 23.7 Å². The van der Waals surface area contributed by atoms with Gasteiger partial charge in [-0.15, -0.1) is 0 Å². The molecule has 3 saturated heterocycles. The molecule has 0 saturated carbocycles. The topological polar surface area (TPSA) is 165 Å². The summed E-state index contributed by atoms with van der Waals surface area (Å²) in [5.41, 5.74) is 5.31. The molecule has 0 radical (unpaired) electrons. The van der Waals surface area contributed by atoms with E-state index in [1.165, 1.54) is 4.90 Å². The minimum absolute atomic E-state index is 0.00290. The van der Waals surface area contributed by atoms with Gasteiger partial charge in [-0.25, -0.2) is 4.79 Å². The van der Waals surface area contributed by atoms with Crippen LogP contribution in [0, 0.1) is 23.7 Å². The standard InChI is InChI=1S/C73H84B2NO15P/c1-50-52(3)64(70(86-61(50)46-80-41-55-28-14-6-15-29-55)85-49-76(40-54-26-12-5-13-27-54)73(78)84-45-59-36-22-10-23-37-59)90-72-67(83-44-58-34-20-9-21-35-58)68(92-75-74-79)66(63(88-72)48-82-43-57-32-18-8-19-33-57)91-71-65(89-69(77)60-38-24-11-25-39-60)53(4)51(2)62(87-71)47-81-42-56-30-16-7-17-31-56/h5-39,50-53,61-68,70-72,75,92H,40-49H2,1-4H3/t50-,51-,52-,53-,61?,62?,63?,64?,65?,66+,67?,68-,70-,71-,72+/m0/s1. The van der Waals surface area contributed by atoms with Crippen LogP contribution in [-0.4, -0.2) is 125 Å².